The van der Waals surface area contributed by atoms with Crippen molar-refractivity contribution in [3.63, 3.8) is 0 Å². The first-order chi connectivity index (χ1) is 8.66. The van der Waals surface area contributed by atoms with Gasteiger partial charge in [0.15, 0.2) is 5.82 Å². The van der Waals surface area contributed by atoms with Gasteiger partial charge in [0, 0.05) is 0 Å². The Hall–Kier alpha value is -1.39. The maximum absolute atomic E-state index is 6.07. The predicted octanol–water partition coefficient (Wildman–Crippen LogP) is 3.14. The molecule has 0 radical (unpaired) electrons. The van der Waals surface area contributed by atoms with Crippen LogP contribution in [0.15, 0.2) is 28.8 Å². The third kappa shape index (κ3) is 3.31. The zero-order valence-corrected chi connectivity index (χ0v) is 11.2. The lowest BCUT2D eigenvalue weighted by atomic mass is 10.2. The van der Waals surface area contributed by atoms with Crippen LogP contribution < -0.4 is 5.32 Å². The zero-order valence-electron chi connectivity index (χ0n) is 10.5. The molecule has 0 aliphatic carbocycles. The summed E-state index contributed by atoms with van der Waals surface area (Å²) in [5.41, 5.74) is 0.766. The Bertz CT molecular complexity index is 510. The summed E-state index contributed by atoms with van der Waals surface area (Å²) in [6.45, 7) is 5.83. The van der Waals surface area contributed by atoms with Gasteiger partial charge in [0.2, 0.25) is 0 Å². The van der Waals surface area contributed by atoms with E-state index in [9.17, 15) is 0 Å². The summed E-state index contributed by atoms with van der Waals surface area (Å²) in [5.74, 6) is 1.70. The van der Waals surface area contributed by atoms with Crippen LogP contribution in [0.3, 0.4) is 0 Å². The molecule has 1 N–H and O–H groups in total. The van der Waals surface area contributed by atoms with Crippen LogP contribution in [-0.4, -0.2) is 16.7 Å². The highest BCUT2D eigenvalue weighted by atomic mass is 35.5. The van der Waals surface area contributed by atoms with Gasteiger partial charge in [-0.05, 0) is 24.6 Å². The van der Waals surface area contributed by atoms with Crippen molar-refractivity contribution in [3.8, 4) is 11.5 Å². The first kappa shape index (κ1) is 13.1. The van der Waals surface area contributed by atoms with Gasteiger partial charge in [0.1, 0.15) is 0 Å². The van der Waals surface area contributed by atoms with Gasteiger partial charge < -0.3 is 9.84 Å². The fourth-order valence-electron chi connectivity index (χ4n) is 1.54. The van der Waals surface area contributed by atoms with Crippen molar-refractivity contribution in [1.82, 2.24) is 15.5 Å². The average molecular weight is 266 g/mol. The molecule has 0 saturated carbocycles. The third-order valence-electron chi connectivity index (χ3n) is 2.41. The maximum atomic E-state index is 6.07. The fraction of sp³-hybridized carbons (Fsp3) is 0.385. The van der Waals surface area contributed by atoms with Gasteiger partial charge in [-0.1, -0.05) is 42.7 Å². The van der Waals surface area contributed by atoms with E-state index >= 15 is 0 Å². The largest absolute Gasteiger partial charge is 0.334 e. The van der Waals surface area contributed by atoms with Gasteiger partial charge in [-0.15, -0.1) is 0 Å². The smallest absolute Gasteiger partial charge is 0.259 e. The van der Waals surface area contributed by atoms with Crippen molar-refractivity contribution in [2.45, 2.75) is 20.4 Å². The summed E-state index contributed by atoms with van der Waals surface area (Å²) in [7, 11) is 0. The van der Waals surface area contributed by atoms with Gasteiger partial charge >= 0.3 is 0 Å². The standard InChI is InChI=1S/C13H16ClN3O/c1-9(2)7-15-8-12-16-13(18-17-12)10-5-3-4-6-11(10)14/h3-6,9,15H,7-8H2,1-2H3. The number of nitrogens with zero attached hydrogens (tertiary/aromatic N) is 2. The quantitative estimate of drug-likeness (QED) is 0.902. The minimum atomic E-state index is 0.460. The Labute approximate surface area is 111 Å². The highest BCUT2D eigenvalue weighted by molar-refractivity contribution is 6.33. The summed E-state index contributed by atoms with van der Waals surface area (Å²) in [6, 6.07) is 7.42. The lowest BCUT2D eigenvalue weighted by Gasteiger charge is -2.03. The summed E-state index contributed by atoms with van der Waals surface area (Å²) in [5, 5.41) is 7.80. The van der Waals surface area contributed by atoms with Crippen LogP contribution in [0, 0.1) is 5.92 Å². The zero-order chi connectivity index (χ0) is 13.0. The number of aromatic nitrogens is 2. The highest BCUT2D eigenvalue weighted by Crippen LogP contribution is 2.25. The van der Waals surface area contributed by atoms with E-state index in [1.807, 2.05) is 18.2 Å². The molecule has 0 fully saturated rings. The maximum Gasteiger partial charge on any atom is 0.259 e. The second kappa shape index (κ2) is 5.98. The minimum absolute atomic E-state index is 0.460. The van der Waals surface area contributed by atoms with Crippen LogP contribution in [0.25, 0.3) is 11.5 Å². The Balaban J connectivity index is 2.04. The molecule has 2 aromatic rings. The van der Waals surface area contributed by atoms with Crippen LogP contribution >= 0.6 is 11.6 Å². The number of rotatable bonds is 5. The Morgan fingerprint density at radius 3 is 2.83 bits per heavy atom. The highest BCUT2D eigenvalue weighted by Gasteiger charge is 2.11. The molecule has 4 nitrogen and oxygen atoms in total. The van der Waals surface area contributed by atoms with E-state index in [0.29, 0.717) is 29.2 Å². The van der Waals surface area contributed by atoms with Gasteiger partial charge in [-0.25, -0.2) is 0 Å². The van der Waals surface area contributed by atoms with E-state index in [0.717, 1.165) is 12.1 Å². The molecule has 0 aliphatic rings. The molecule has 1 heterocycles. The second-order valence-electron chi connectivity index (χ2n) is 4.52. The first-order valence-electron chi connectivity index (χ1n) is 5.95. The molecule has 0 aliphatic heterocycles. The summed E-state index contributed by atoms with van der Waals surface area (Å²) < 4.78 is 5.20. The first-order valence-corrected chi connectivity index (χ1v) is 6.33. The van der Waals surface area contributed by atoms with E-state index in [1.54, 1.807) is 6.07 Å². The molecular formula is C13H16ClN3O. The topological polar surface area (TPSA) is 51.0 Å². The lowest BCUT2D eigenvalue weighted by molar-refractivity contribution is 0.417. The van der Waals surface area contributed by atoms with Crippen molar-refractivity contribution in [2.75, 3.05) is 6.54 Å². The minimum Gasteiger partial charge on any atom is -0.334 e. The summed E-state index contributed by atoms with van der Waals surface area (Å²) >= 11 is 6.07. The second-order valence-corrected chi connectivity index (χ2v) is 4.93. The number of nitrogens with one attached hydrogen (secondary N) is 1. The molecule has 5 heteroatoms. The molecule has 0 atom stereocenters. The third-order valence-corrected chi connectivity index (χ3v) is 2.74. The van der Waals surface area contributed by atoms with Crippen molar-refractivity contribution in [2.24, 2.45) is 5.92 Å². The van der Waals surface area contributed by atoms with Crippen LogP contribution in [0.1, 0.15) is 19.7 Å². The number of hydrogen-bond acceptors (Lipinski definition) is 4. The SMILES string of the molecule is CC(C)CNCc1noc(-c2ccccc2Cl)n1. The van der Waals surface area contributed by atoms with Gasteiger partial charge in [0.05, 0.1) is 17.1 Å². The van der Waals surface area contributed by atoms with Gasteiger partial charge in [-0.2, -0.15) is 4.98 Å². The van der Waals surface area contributed by atoms with E-state index in [2.05, 4.69) is 29.3 Å². The molecule has 0 saturated heterocycles. The molecular weight excluding hydrogens is 250 g/mol. The van der Waals surface area contributed by atoms with Gasteiger partial charge in [0.25, 0.3) is 5.89 Å². The Morgan fingerprint density at radius 2 is 2.11 bits per heavy atom. The Kier molecular flexibility index (Phi) is 4.33. The monoisotopic (exact) mass is 265 g/mol. The number of hydrogen-bond donors (Lipinski definition) is 1. The molecule has 0 spiro atoms. The normalized spacial score (nSPS) is 11.1. The van der Waals surface area contributed by atoms with E-state index in [4.69, 9.17) is 16.1 Å². The van der Waals surface area contributed by atoms with Crippen LogP contribution in [0.2, 0.25) is 5.02 Å². The number of benzene rings is 1. The molecule has 1 aromatic heterocycles. The molecule has 18 heavy (non-hydrogen) atoms. The molecule has 0 bridgehead atoms. The average Bonchev–Trinajstić information content (AvgIpc) is 2.78. The van der Waals surface area contributed by atoms with Crippen molar-refractivity contribution < 1.29 is 4.52 Å². The Morgan fingerprint density at radius 1 is 1.33 bits per heavy atom. The lowest BCUT2D eigenvalue weighted by Crippen LogP contribution is -2.19. The van der Waals surface area contributed by atoms with Crippen molar-refractivity contribution in [3.05, 3.63) is 35.1 Å². The molecule has 2 rings (SSSR count). The van der Waals surface area contributed by atoms with E-state index in [-0.39, 0.29) is 0 Å². The van der Waals surface area contributed by atoms with E-state index in [1.165, 1.54) is 0 Å². The summed E-state index contributed by atoms with van der Waals surface area (Å²) in [6.07, 6.45) is 0. The van der Waals surface area contributed by atoms with Crippen molar-refractivity contribution >= 4 is 11.6 Å². The predicted molar refractivity (Wildman–Crippen MR) is 71.3 cm³/mol. The van der Waals surface area contributed by atoms with Gasteiger partial charge in [-0.3, -0.25) is 0 Å². The van der Waals surface area contributed by atoms with Crippen LogP contribution in [-0.2, 0) is 6.54 Å². The summed E-state index contributed by atoms with van der Waals surface area (Å²) in [4.78, 5) is 4.31. The molecule has 96 valence electrons. The van der Waals surface area contributed by atoms with E-state index < -0.39 is 0 Å². The fourth-order valence-corrected chi connectivity index (χ4v) is 1.76. The molecule has 1 aromatic carbocycles. The van der Waals surface area contributed by atoms with Crippen molar-refractivity contribution in [1.29, 1.82) is 0 Å². The molecule has 0 amide bonds. The van der Waals surface area contributed by atoms with Crippen LogP contribution in [0.5, 0.6) is 0 Å². The number of halogens is 1. The molecule has 0 unspecified atom stereocenters. The van der Waals surface area contributed by atoms with Crippen LogP contribution in [0.4, 0.5) is 0 Å².